The predicted molar refractivity (Wildman–Crippen MR) is 129 cm³/mol. The SMILES string of the molecule is CCCCCCCCN.O=P(O)(O)OCCCCCCCCCCC1CCCCC1. The van der Waals surface area contributed by atoms with Gasteiger partial charge in [-0.25, -0.2) is 4.57 Å². The van der Waals surface area contributed by atoms with E-state index in [0.717, 1.165) is 31.7 Å². The summed E-state index contributed by atoms with van der Waals surface area (Å²) >= 11 is 0. The van der Waals surface area contributed by atoms with Crippen molar-refractivity contribution in [2.45, 2.75) is 135 Å². The zero-order valence-corrected chi connectivity index (χ0v) is 20.8. The molecule has 5 nitrogen and oxygen atoms in total. The van der Waals surface area contributed by atoms with Gasteiger partial charge in [0.25, 0.3) is 0 Å². The first-order chi connectivity index (χ1) is 14.5. The number of rotatable bonds is 18. The number of nitrogens with two attached hydrogens (primary N) is 1. The highest BCUT2D eigenvalue weighted by Crippen LogP contribution is 2.35. The summed E-state index contributed by atoms with van der Waals surface area (Å²) < 4.78 is 14.9. The lowest BCUT2D eigenvalue weighted by Crippen LogP contribution is -2.05. The summed E-state index contributed by atoms with van der Waals surface area (Å²) in [6.07, 6.45) is 26.3. The third-order valence-corrected chi connectivity index (χ3v) is 6.57. The van der Waals surface area contributed by atoms with Crippen molar-refractivity contribution in [3.05, 3.63) is 0 Å². The quantitative estimate of drug-likeness (QED) is 0.149. The van der Waals surface area contributed by atoms with E-state index in [-0.39, 0.29) is 6.61 Å². The molecule has 0 radical (unpaired) electrons. The molecule has 30 heavy (non-hydrogen) atoms. The molecule has 182 valence electrons. The maximum atomic E-state index is 10.5. The Morgan fingerprint density at radius 2 is 1.27 bits per heavy atom. The van der Waals surface area contributed by atoms with Gasteiger partial charge in [0.05, 0.1) is 6.61 Å². The Hall–Kier alpha value is 0.0700. The molecule has 0 saturated heterocycles. The molecule has 0 atom stereocenters. The Balaban J connectivity index is 0.000000787. The van der Waals surface area contributed by atoms with Crippen LogP contribution in [0.4, 0.5) is 0 Å². The monoisotopic (exact) mass is 449 g/mol. The predicted octanol–water partition coefficient (Wildman–Crippen LogP) is 7.49. The Morgan fingerprint density at radius 1 is 0.767 bits per heavy atom. The van der Waals surface area contributed by atoms with Crippen LogP contribution in [0.5, 0.6) is 0 Å². The van der Waals surface area contributed by atoms with Gasteiger partial charge in [-0.05, 0) is 25.3 Å². The molecule has 6 heteroatoms. The van der Waals surface area contributed by atoms with E-state index in [1.54, 1.807) is 0 Å². The van der Waals surface area contributed by atoms with Gasteiger partial charge >= 0.3 is 7.82 Å². The van der Waals surface area contributed by atoms with E-state index in [1.165, 1.54) is 109 Å². The lowest BCUT2D eigenvalue weighted by atomic mass is 9.85. The number of hydrogen-bond acceptors (Lipinski definition) is 3. The molecule has 0 aliphatic heterocycles. The molecule has 0 bridgehead atoms. The standard InChI is InChI=1S/C16H33O4P.C8H19N/c17-21(18,19)20-15-11-6-4-2-1-3-5-8-12-16-13-9-7-10-14-16;1-2-3-4-5-6-7-8-9/h16H,1-15H2,(H2,17,18,19);2-9H2,1H3. The highest BCUT2D eigenvalue weighted by Gasteiger charge is 2.13. The first kappa shape index (κ1) is 30.1. The summed E-state index contributed by atoms with van der Waals surface area (Å²) in [4.78, 5) is 17.0. The average Bonchev–Trinajstić information content (AvgIpc) is 2.72. The van der Waals surface area contributed by atoms with Gasteiger partial charge in [-0.1, -0.05) is 122 Å². The zero-order chi connectivity index (χ0) is 22.3. The van der Waals surface area contributed by atoms with E-state index >= 15 is 0 Å². The van der Waals surface area contributed by atoms with Crippen LogP contribution in [0.15, 0.2) is 0 Å². The van der Waals surface area contributed by atoms with Crippen molar-refractivity contribution in [2.24, 2.45) is 11.7 Å². The Morgan fingerprint density at radius 3 is 1.80 bits per heavy atom. The number of phosphoric ester groups is 1. The molecular weight excluding hydrogens is 397 g/mol. The first-order valence-electron chi connectivity index (χ1n) is 12.9. The number of phosphoric acid groups is 1. The van der Waals surface area contributed by atoms with E-state index in [0.29, 0.717) is 0 Å². The van der Waals surface area contributed by atoms with Crippen LogP contribution in [0.25, 0.3) is 0 Å². The molecule has 1 aliphatic rings. The fourth-order valence-corrected chi connectivity index (χ4v) is 4.55. The molecule has 0 unspecified atom stereocenters. The topological polar surface area (TPSA) is 92.8 Å². The molecule has 0 heterocycles. The molecule has 1 rings (SSSR count). The molecule has 1 fully saturated rings. The largest absolute Gasteiger partial charge is 0.469 e. The first-order valence-corrected chi connectivity index (χ1v) is 14.4. The number of hydrogen-bond donors (Lipinski definition) is 3. The molecule has 1 saturated carbocycles. The van der Waals surface area contributed by atoms with Crippen LogP contribution < -0.4 is 5.73 Å². The summed E-state index contributed by atoms with van der Waals surface area (Å²) in [5.74, 6) is 1.02. The van der Waals surface area contributed by atoms with E-state index in [2.05, 4.69) is 11.4 Å². The van der Waals surface area contributed by atoms with Crippen LogP contribution in [0.2, 0.25) is 0 Å². The smallest absolute Gasteiger partial charge is 0.330 e. The minimum absolute atomic E-state index is 0.172. The van der Waals surface area contributed by atoms with E-state index < -0.39 is 7.82 Å². The van der Waals surface area contributed by atoms with Gasteiger partial charge in [0.15, 0.2) is 0 Å². The lowest BCUT2D eigenvalue weighted by Gasteiger charge is -2.21. The van der Waals surface area contributed by atoms with E-state index in [1.807, 2.05) is 0 Å². The van der Waals surface area contributed by atoms with Crippen molar-refractivity contribution in [1.29, 1.82) is 0 Å². The molecule has 0 aromatic rings. The summed E-state index contributed by atoms with van der Waals surface area (Å²) in [6, 6.07) is 0. The second-order valence-electron chi connectivity index (χ2n) is 9.00. The minimum Gasteiger partial charge on any atom is -0.330 e. The van der Waals surface area contributed by atoms with E-state index in [9.17, 15) is 4.57 Å². The molecule has 1 aliphatic carbocycles. The van der Waals surface area contributed by atoms with Crippen LogP contribution in [-0.2, 0) is 9.09 Å². The molecular formula is C24H52NO4P. The normalized spacial score (nSPS) is 15.1. The number of unbranched alkanes of at least 4 members (excludes halogenated alkanes) is 12. The lowest BCUT2D eigenvalue weighted by molar-refractivity contribution is 0.193. The van der Waals surface area contributed by atoms with Crippen molar-refractivity contribution in [3.63, 3.8) is 0 Å². The Bertz CT molecular complexity index is 377. The van der Waals surface area contributed by atoms with Crippen LogP contribution in [0, 0.1) is 5.92 Å². The maximum absolute atomic E-state index is 10.5. The maximum Gasteiger partial charge on any atom is 0.469 e. The minimum atomic E-state index is -4.25. The third-order valence-electron chi connectivity index (χ3n) is 6.05. The van der Waals surface area contributed by atoms with Gasteiger partial charge in [0.2, 0.25) is 0 Å². The highest BCUT2D eigenvalue weighted by atomic mass is 31.2. The van der Waals surface area contributed by atoms with Gasteiger partial charge in [-0.2, -0.15) is 0 Å². The Labute approximate surface area is 187 Å². The molecule has 0 spiro atoms. The van der Waals surface area contributed by atoms with Gasteiger partial charge in [-0.15, -0.1) is 0 Å². The second kappa shape index (κ2) is 22.3. The van der Waals surface area contributed by atoms with Gasteiger partial charge in [0.1, 0.15) is 0 Å². The van der Waals surface area contributed by atoms with Gasteiger partial charge in [-0.3, -0.25) is 4.52 Å². The third kappa shape index (κ3) is 24.3. The highest BCUT2D eigenvalue weighted by molar-refractivity contribution is 7.46. The van der Waals surface area contributed by atoms with Crippen LogP contribution in [0.1, 0.15) is 135 Å². The van der Waals surface area contributed by atoms with Crippen LogP contribution in [-0.4, -0.2) is 22.9 Å². The fourth-order valence-electron chi connectivity index (χ4n) is 4.18. The average molecular weight is 450 g/mol. The van der Waals surface area contributed by atoms with E-state index in [4.69, 9.17) is 15.5 Å². The summed E-state index contributed by atoms with van der Waals surface area (Å²) in [5, 5.41) is 0. The molecule has 0 aromatic heterocycles. The summed E-state index contributed by atoms with van der Waals surface area (Å²) in [6.45, 7) is 3.28. The van der Waals surface area contributed by atoms with Crippen molar-refractivity contribution in [1.82, 2.24) is 0 Å². The molecule has 0 amide bonds. The van der Waals surface area contributed by atoms with Gasteiger partial charge in [0, 0.05) is 0 Å². The zero-order valence-electron chi connectivity index (χ0n) is 19.9. The summed E-state index contributed by atoms with van der Waals surface area (Å²) in [5.41, 5.74) is 5.34. The van der Waals surface area contributed by atoms with Crippen LogP contribution in [0.3, 0.4) is 0 Å². The van der Waals surface area contributed by atoms with Crippen molar-refractivity contribution < 1.29 is 18.9 Å². The van der Waals surface area contributed by atoms with Gasteiger partial charge < -0.3 is 15.5 Å². The Kier molecular flexibility index (Phi) is 22.3. The van der Waals surface area contributed by atoms with Crippen LogP contribution >= 0.6 is 7.82 Å². The van der Waals surface area contributed by atoms with Crippen molar-refractivity contribution in [3.8, 4) is 0 Å². The second-order valence-corrected chi connectivity index (χ2v) is 10.2. The van der Waals surface area contributed by atoms with Crippen molar-refractivity contribution >= 4 is 7.82 Å². The molecule has 0 aromatic carbocycles. The fraction of sp³-hybridized carbons (Fsp3) is 1.00. The van der Waals surface area contributed by atoms with Crippen molar-refractivity contribution in [2.75, 3.05) is 13.2 Å². The molecule has 4 N–H and O–H groups in total. The summed E-state index contributed by atoms with van der Waals surface area (Å²) in [7, 11) is -4.25.